The molecule has 3 aromatic rings. The number of nitrogens with one attached hydrogen (secondary N) is 1. The minimum atomic E-state index is -0.602. The number of pyridine rings is 1. The van der Waals surface area contributed by atoms with Gasteiger partial charge in [0.2, 0.25) is 0 Å². The molecule has 12 heteroatoms. The van der Waals surface area contributed by atoms with Crippen molar-refractivity contribution in [2.45, 2.75) is 65.3 Å². The summed E-state index contributed by atoms with van der Waals surface area (Å²) in [5, 5.41) is 7.44. The first-order chi connectivity index (χ1) is 20.2. The fourth-order valence-corrected chi connectivity index (χ4v) is 6.40. The smallest absolute Gasteiger partial charge is 0.412 e. The van der Waals surface area contributed by atoms with Crippen LogP contribution in [0.15, 0.2) is 35.0 Å². The van der Waals surface area contributed by atoms with E-state index in [0.29, 0.717) is 56.9 Å². The Bertz CT molecular complexity index is 1380. The lowest BCUT2D eigenvalue weighted by molar-refractivity contribution is 0.0607. The summed E-state index contributed by atoms with van der Waals surface area (Å²) in [6.07, 6.45) is 4.24. The molecule has 2 aromatic heterocycles. The van der Waals surface area contributed by atoms with E-state index >= 15 is 0 Å². The van der Waals surface area contributed by atoms with Crippen LogP contribution in [0.2, 0.25) is 10.0 Å². The van der Waals surface area contributed by atoms with Crippen LogP contribution >= 0.6 is 23.2 Å². The molecule has 0 bridgehead atoms. The average molecular weight is 620 g/mol. The zero-order chi connectivity index (χ0) is 29.8. The van der Waals surface area contributed by atoms with E-state index in [-0.39, 0.29) is 12.4 Å². The Morgan fingerprint density at radius 3 is 2.62 bits per heavy atom. The van der Waals surface area contributed by atoms with Crippen LogP contribution in [0.1, 0.15) is 48.8 Å². The van der Waals surface area contributed by atoms with Crippen molar-refractivity contribution in [3.63, 3.8) is 0 Å². The van der Waals surface area contributed by atoms with Crippen LogP contribution in [-0.4, -0.2) is 70.8 Å². The van der Waals surface area contributed by atoms with Crippen LogP contribution in [-0.2, 0) is 17.9 Å². The number of hydrogen-bond donors (Lipinski definition) is 1. The Morgan fingerprint density at radius 1 is 1.17 bits per heavy atom. The second kappa shape index (κ2) is 13.6. The lowest BCUT2D eigenvalue weighted by Gasteiger charge is -2.47. The summed E-state index contributed by atoms with van der Waals surface area (Å²) < 4.78 is 24.7. The molecule has 0 spiro atoms. The van der Waals surface area contributed by atoms with E-state index in [4.69, 9.17) is 32.5 Å². The van der Waals surface area contributed by atoms with E-state index in [2.05, 4.69) is 37.1 Å². The van der Waals surface area contributed by atoms with E-state index in [1.807, 2.05) is 0 Å². The molecule has 9 nitrogen and oxygen atoms in total. The van der Waals surface area contributed by atoms with Crippen molar-refractivity contribution < 1.29 is 18.4 Å². The number of aromatic nitrogens is 2. The van der Waals surface area contributed by atoms with Crippen molar-refractivity contribution in [2.75, 3.05) is 42.9 Å². The van der Waals surface area contributed by atoms with Crippen molar-refractivity contribution in [3.8, 4) is 0 Å². The highest BCUT2D eigenvalue weighted by Crippen LogP contribution is 2.30. The third kappa shape index (κ3) is 7.16. The number of likely N-dealkylation sites (tertiary alicyclic amines) is 1. The number of anilines is 2. The molecule has 2 aliphatic rings. The van der Waals surface area contributed by atoms with Gasteiger partial charge in [-0.25, -0.2) is 14.2 Å². The van der Waals surface area contributed by atoms with E-state index in [1.54, 1.807) is 38.2 Å². The van der Waals surface area contributed by atoms with Crippen molar-refractivity contribution in [3.05, 3.63) is 68.9 Å². The zero-order valence-electron chi connectivity index (χ0n) is 24.2. The molecule has 42 heavy (non-hydrogen) atoms. The zero-order valence-corrected chi connectivity index (χ0v) is 25.7. The predicted molar refractivity (Wildman–Crippen MR) is 162 cm³/mol. The lowest BCUT2D eigenvalue weighted by atomic mass is 9.97. The van der Waals surface area contributed by atoms with Gasteiger partial charge in [-0.2, -0.15) is 0 Å². The summed E-state index contributed by atoms with van der Waals surface area (Å²) >= 11 is 12.6. The third-order valence-electron chi connectivity index (χ3n) is 8.24. The van der Waals surface area contributed by atoms with Gasteiger partial charge in [0.05, 0.1) is 5.02 Å². The summed E-state index contributed by atoms with van der Waals surface area (Å²) in [5.41, 5.74) is 2.49. The number of rotatable bonds is 8. The van der Waals surface area contributed by atoms with Gasteiger partial charge in [-0.15, -0.1) is 0 Å². The third-order valence-corrected chi connectivity index (χ3v) is 8.76. The fourth-order valence-electron chi connectivity index (χ4n) is 5.94. The van der Waals surface area contributed by atoms with Gasteiger partial charge in [-0.3, -0.25) is 15.1 Å². The molecule has 0 aliphatic carbocycles. The highest BCUT2D eigenvalue weighted by molar-refractivity contribution is 6.33. The minimum Gasteiger partial charge on any atom is -0.444 e. The number of piperidine rings is 1. The number of benzene rings is 1. The summed E-state index contributed by atoms with van der Waals surface area (Å²) in [5.74, 6) is 1.03. The van der Waals surface area contributed by atoms with Crippen molar-refractivity contribution in [1.29, 1.82) is 0 Å². The maximum atomic E-state index is 14.3. The lowest BCUT2D eigenvalue weighted by Crippen LogP contribution is -2.58. The molecule has 0 saturated carbocycles. The Balaban J connectivity index is 1.12. The van der Waals surface area contributed by atoms with Crippen molar-refractivity contribution >= 4 is 40.8 Å². The van der Waals surface area contributed by atoms with E-state index < -0.39 is 6.09 Å². The number of amides is 1. The first kappa shape index (κ1) is 30.5. The number of hydrogen-bond acceptors (Lipinski definition) is 8. The highest BCUT2D eigenvalue weighted by atomic mass is 35.5. The van der Waals surface area contributed by atoms with Gasteiger partial charge in [-0.1, -0.05) is 41.3 Å². The molecule has 2 fully saturated rings. The van der Waals surface area contributed by atoms with Gasteiger partial charge in [0.1, 0.15) is 29.6 Å². The van der Waals surface area contributed by atoms with Gasteiger partial charge in [0, 0.05) is 60.6 Å². The fraction of sp³-hybridized carbons (Fsp3) is 0.500. The molecule has 0 unspecified atom stereocenters. The maximum absolute atomic E-state index is 14.3. The normalized spacial score (nSPS) is 18.8. The average Bonchev–Trinajstić information content (AvgIpc) is 3.30. The van der Waals surface area contributed by atoms with Crippen LogP contribution < -0.4 is 10.2 Å². The summed E-state index contributed by atoms with van der Waals surface area (Å²) in [7, 11) is 0. The topological polar surface area (TPSA) is 87.0 Å². The SMILES string of the molecule is CC[C@H]1CN(c2ncc(COC(=O)Nc3c(C)noc3C)cc2Cl)CCN1C1CCN(Cc2ccc(Cl)cc2F)CC1. The standard InChI is InChI=1S/C30H37Cl2FN6O3/c1-4-24-17-38(11-12-39(24)25-7-9-37(10-8-25)16-22-5-6-23(31)14-27(22)33)29-26(32)13-21(15-34-29)18-41-30(40)35-28-19(2)36-42-20(28)3/h5-6,13-15,24-25H,4,7-12,16-18H2,1-3H3,(H,35,40)/t24-/m0/s1. The Hall–Kier alpha value is -2.92. The largest absolute Gasteiger partial charge is 0.444 e. The van der Waals surface area contributed by atoms with Gasteiger partial charge >= 0.3 is 6.09 Å². The molecule has 2 aliphatic heterocycles. The van der Waals surface area contributed by atoms with E-state index in [1.165, 1.54) is 6.07 Å². The molecule has 1 aromatic carbocycles. The van der Waals surface area contributed by atoms with Crippen LogP contribution in [0.5, 0.6) is 0 Å². The number of halogens is 3. The number of piperazine rings is 1. The maximum Gasteiger partial charge on any atom is 0.412 e. The molecule has 2 saturated heterocycles. The molecule has 5 rings (SSSR count). The monoisotopic (exact) mass is 618 g/mol. The Morgan fingerprint density at radius 2 is 1.95 bits per heavy atom. The second-order valence-electron chi connectivity index (χ2n) is 11.0. The van der Waals surface area contributed by atoms with Gasteiger partial charge < -0.3 is 14.2 Å². The highest BCUT2D eigenvalue weighted by Gasteiger charge is 2.34. The van der Waals surface area contributed by atoms with Crippen LogP contribution in [0.4, 0.5) is 20.7 Å². The summed E-state index contributed by atoms with van der Waals surface area (Å²) in [6, 6.07) is 7.62. The first-order valence-electron chi connectivity index (χ1n) is 14.4. The molecular formula is C30H37Cl2FN6O3. The van der Waals surface area contributed by atoms with E-state index in [9.17, 15) is 9.18 Å². The van der Waals surface area contributed by atoms with Gasteiger partial charge in [0.15, 0.2) is 5.76 Å². The summed E-state index contributed by atoms with van der Waals surface area (Å²) in [6.45, 7) is 10.8. The first-order valence-corrected chi connectivity index (χ1v) is 15.2. The minimum absolute atomic E-state index is 0.0386. The number of aryl methyl sites for hydroxylation is 2. The Labute approximate surface area is 255 Å². The molecule has 4 heterocycles. The van der Waals surface area contributed by atoms with E-state index in [0.717, 1.165) is 57.8 Å². The Kier molecular flexibility index (Phi) is 9.88. The number of carbonyl (C=O) groups is 1. The predicted octanol–water partition coefficient (Wildman–Crippen LogP) is 6.45. The molecule has 1 atom stereocenters. The molecule has 0 radical (unpaired) electrons. The molecule has 1 amide bonds. The van der Waals surface area contributed by atoms with Gasteiger partial charge in [-0.05, 0) is 64.4 Å². The van der Waals surface area contributed by atoms with Crippen LogP contribution in [0.3, 0.4) is 0 Å². The molecule has 226 valence electrons. The number of carbonyl (C=O) groups excluding carboxylic acids is 1. The van der Waals surface area contributed by atoms with Crippen molar-refractivity contribution in [2.24, 2.45) is 0 Å². The summed E-state index contributed by atoms with van der Waals surface area (Å²) in [4.78, 5) is 24.1. The number of ether oxygens (including phenoxy) is 1. The van der Waals surface area contributed by atoms with Crippen molar-refractivity contribution in [1.82, 2.24) is 19.9 Å². The molecule has 1 N–H and O–H groups in total. The second-order valence-corrected chi connectivity index (χ2v) is 11.9. The van der Waals surface area contributed by atoms with Crippen LogP contribution in [0.25, 0.3) is 0 Å². The molecular weight excluding hydrogens is 582 g/mol. The number of nitrogens with zero attached hydrogens (tertiary/aromatic N) is 5. The quantitative estimate of drug-likeness (QED) is 0.308. The van der Waals surface area contributed by atoms with Gasteiger partial charge in [0.25, 0.3) is 0 Å². The van der Waals surface area contributed by atoms with Crippen LogP contribution in [0, 0.1) is 19.7 Å².